The van der Waals surface area contributed by atoms with E-state index in [1.54, 1.807) is 11.3 Å². The number of thiazole rings is 1. The molecule has 20 heavy (non-hydrogen) atoms. The topological polar surface area (TPSA) is 38.9 Å². The van der Waals surface area contributed by atoms with E-state index in [2.05, 4.69) is 59.1 Å². The molecule has 0 fully saturated rings. The highest BCUT2D eigenvalue weighted by Crippen LogP contribution is 2.35. The molecule has 0 spiro atoms. The van der Waals surface area contributed by atoms with Gasteiger partial charge in [0.05, 0.1) is 11.7 Å². The van der Waals surface area contributed by atoms with Gasteiger partial charge in [0.1, 0.15) is 5.01 Å². The molecule has 0 saturated carbocycles. The van der Waals surface area contributed by atoms with Gasteiger partial charge in [0, 0.05) is 10.9 Å². The maximum absolute atomic E-state index is 6.30. The molecule has 0 amide bonds. The highest BCUT2D eigenvalue weighted by Gasteiger charge is 2.25. The number of rotatable bonds is 2. The summed E-state index contributed by atoms with van der Waals surface area (Å²) < 4.78 is 0. The smallest absolute Gasteiger partial charge is 0.111 e. The van der Waals surface area contributed by atoms with Crippen LogP contribution in [0.5, 0.6) is 0 Å². The molecule has 1 aromatic heterocycles. The molecule has 2 N–H and O–H groups in total. The van der Waals surface area contributed by atoms with Crippen molar-refractivity contribution in [1.82, 2.24) is 4.98 Å². The molecular weight excluding hydrogens is 264 g/mol. The van der Waals surface area contributed by atoms with Crippen LogP contribution >= 0.6 is 11.3 Å². The van der Waals surface area contributed by atoms with Crippen LogP contribution in [-0.4, -0.2) is 4.98 Å². The van der Waals surface area contributed by atoms with Gasteiger partial charge < -0.3 is 5.73 Å². The second-order valence-corrected chi connectivity index (χ2v) is 7.56. The van der Waals surface area contributed by atoms with E-state index >= 15 is 0 Å². The first-order chi connectivity index (χ1) is 9.20. The second kappa shape index (κ2) is 5.30. The number of aryl methyl sites for hydroxylation is 3. The Balaban J connectivity index is 2.41. The molecule has 2 rings (SSSR count). The lowest BCUT2D eigenvalue weighted by atomic mass is 9.88. The number of hydrogen-bond donors (Lipinski definition) is 1. The third-order valence-corrected chi connectivity index (χ3v) is 4.77. The zero-order valence-corrected chi connectivity index (χ0v) is 14.1. The predicted octanol–water partition coefficient (Wildman–Crippen LogP) is 4.78. The lowest BCUT2D eigenvalue weighted by Crippen LogP contribution is -2.26. The molecule has 0 aliphatic rings. The van der Waals surface area contributed by atoms with Gasteiger partial charge in [-0.05, 0) is 48.9 Å². The summed E-state index contributed by atoms with van der Waals surface area (Å²) in [5.74, 6) is 0. The summed E-state index contributed by atoms with van der Waals surface area (Å²) in [6.45, 7) is 12.9. The predicted molar refractivity (Wildman–Crippen MR) is 88.1 cm³/mol. The Bertz CT molecular complexity index is 620. The quantitative estimate of drug-likeness (QED) is 0.863. The maximum atomic E-state index is 6.30. The van der Waals surface area contributed by atoms with Gasteiger partial charge in [-0.3, -0.25) is 0 Å². The van der Waals surface area contributed by atoms with E-state index in [-0.39, 0.29) is 11.5 Å². The fraction of sp³-hybridized carbons (Fsp3) is 0.471. The zero-order chi connectivity index (χ0) is 15.1. The average molecular weight is 288 g/mol. The van der Waals surface area contributed by atoms with Gasteiger partial charge in [0.25, 0.3) is 0 Å². The molecule has 2 nitrogen and oxygen atoms in total. The summed E-state index contributed by atoms with van der Waals surface area (Å²) in [7, 11) is 0. The first-order valence-corrected chi connectivity index (χ1v) is 7.87. The number of hydrogen-bond acceptors (Lipinski definition) is 3. The molecular formula is C17H24N2S. The maximum Gasteiger partial charge on any atom is 0.111 e. The molecule has 1 unspecified atom stereocenters. The number of benzene rings is 1. The largest absolute Gasteiger partial charge is 0.322 e. The zero-order valence-electron chi connectivity index (χ0n) is 13.2. The van der Waals surface area contributed by atoms with Gasteiger partial charge in [-0.15, -0.1) is 11.3 Å². The molecule has 0 aliphatic heterocycles. The van der Waals surface area contributed by atoms with E-state index in [0.29, 0.717) is 0 Å². The Kier molecular flexibility index (Phi) is 4.03. The van der Waals surface area contributed by atoms with E-state index in [1.807, 2.05) is 0 Å². The highest BCUT2D eigenvalue weighted by molar-refractivity contribution is 7.10. The standard InChI is InChI=1S/C17H24N2S/c1-10-7-12(3)13(8-11(10)2)14-9-20-16(19-14)15(18)17(4,5)6/h7-9,15H,18H2,1-6H3. The lowest BCUT2D eigenvalue weighted by molar-refractivity contribution is 0.326. The van der Waals surface area contributed by atoms with Crippen LogP contribution in [0.25, 0.3) is 11.3 Å². The fourth-order valence-corrected chi connectivity index (χ4v) is 3.22. The molecule has 108 valence electrons. The van der Waals surface area contributed by atoms with Crippen molar-refractivity contribution in [3.63, 3.8) is 0 Å². The van der Waals surface area contributed by atoms with Crippen LogP contribution in [0.4, 0.5) is 0 Å². The Labute approximate surface area is 126 Å². The number of nitrogens with two attached hydrogens (primary N) is 1. The first-order valence-electron chi connectivity index (χ1n) is 6.99. The van der Waals surface area contributed by atoms with E-state index in [4.69, 9.17) is 10.7 Å². The van der Waals surface area contributed by atoms with Crippen molar-refractivity contribution >= 4 is 11.3 Å². The summed E-state index contributed by atoms with van der Waals surface area (Å²) in [5, 5.41) is 3.14. The molecule has 1 atom stereocenters. The minimum Gasteiger partial charge on any atom is -0.322 e. The van der Waals surface area contributed by atoms with Crippen molar-refractivity contribution in [2.45, 2.75) is 47.6 Å². The molecule has 0 saturated heterocycles. The molecule has 0 bridgehead atoms. The minimum absolute atomic E-state index is 0.0203. The summed E-state index contributed by atoms with van der Waals surface area (Å²) >= 11 is 1.66. The van der Waals surface area contributed by atoms with E-state index < -0.39 is 0 Å². The van der Waals surface area contributed by atoms with Crippen LogP contribution in [-0.2, 0) is 0 Å². The van der Waals surface area contributed by atoms with Gasteiger partial charge in [-0.1, -0.05) is 26.8 Å². The van der Waals surface area contributed by atoms with Crippen LogP contribution in [0.15, 0.2) is 17.5 Å². The number of aromatic nitrogens is 1. The van der Waals surface area contributed by atoms with E-state index in [0.717, 1.165) is 10.7 Å². The van der Waals surface area contributed by atoms with Gasteiger partial charge in [0.15, 0.2) is 0 Å². The van der Waals surface area contributed by atoms with E-state index in [1.165, 1.54) is 22.3 Å². The minimum atomic E-state index is -0.0203. The van der Waals surface area contributed by atoms with Crippen molar-refractivity contribution < 1.29 is 0 Å². The highest BCUT2D eigenvalue weighted by atomic mass is 32.1. The fourth-order valence-electron chi connectivity index (χ4n) is 2.16. The molecule has 0 radical (unpaired) electrons. The number of nitrogens with zero attached hydrogens (tertiary/aromatic N) is 1. The Morgan fingerprint density at radius 3 is 2.25 bits per heavy atom. The Morgan fingerprint density at radius 1 is 1.05 bits per heavy atom. The van der Waals surface area contributed by atoms with Crippen LogP contribution in [0, 0.1) is 26.2 Å². The van der Waals surface area contributed by atoms with Crippen molar-refractivity contribution in [2.75, 3.05) is 0 Å². The van der Waals surface area contributed by atoms with Crippen LogP contribution in [0.1, 0.15) is 48.5 Å². The normalized spacial score (nSPS) is 13.6. The third-order valence-electron chi connectivity index (χ3n) is 3.84. The van der Waals surface area contributed by atoms with Crippen molar-refractivity contribution in [2.24, 2.45) is 11.1 Å². The van der Waals surface area contributed by atoms with E-state index in [9.17, 15) is 0 Å². The van der Waals surface area contributed by atoms with Crippen LogP contribution in [0.3, 0.4) is 0 Å². The summed E-state index contributed by atoms with van der Waals surface area (Å²) in [5.41, 5.74) is 12.5. The van der Waals surface area contributed by atoms with Gasteiger partial charge >= 0.3 is 0 Å². The van der Waals surface area contributed by atoms with Crippen LogP contribution < -0.4 is 5.73 Å². The Hall–Kier alpha value is -1.19. The van der Waals surface area contributed by atoms with Crippen molar-refractivity contribution in [1.29, 1.82) is 0 Å². The van der Waals surface area contributed by atoms with Crippen LogP contribution in [0.2, 0.25) is 0 Å². The summed E-state index contributed by atoms with van der Waals surface area (Å²) in [4.78, 5) is 4.77. The molecule has 3 heteroatoms. The average Bonchev–Trinajstić information content (AvgIpc) is 2.80. The van der Waals surface area contributed by atoms with Crippen molar-refractivity contribution in [3.8, 4) is 11.3 Å². The molecule has 2 aromatic rings. The summed E-state index contributed by atoms with van der Waals surface area (Å²) in [6.07, 6.45) is 0. The molecule has 1 aromatic carbocycles. The first kappa shape index (κ1) is 15.2. The lowest BCUT2D eigenvalue weighted by Gasteiger charge is -2.24. The Morgan fingerprint density at radius 2 is 1.65 bits per heavy atom. The van der Waals surface area contributed by atoms with Crippen molar-refractivity contribution in [3.05, 3.63) is 39.2 Å². The molecule has 0 aliphatic carbocycles. The summed E-state index contributed by atoms with van der Waals surface area (Å²) in [6, 6.07) is 4.44. The SMILES string of the molecule is Cc1cc(C)c(-c2csc(C(N)C(C)(C)C)n2)cc1C. The van der Waals surface area contributed by atoms with Gasteiger partial charge in [-0.2, -0.15) is 0 Å². The molecule has 1 heterocycles. The monoisotopic (exact) mass is 288 g/mol. The van der Waals surface area contributed by atoms with Gasteiger partial charge in [-0.25, -0.2) is 4.98 Å². The third kappa shape index (κ3) is 2.94. The second-order valence-electron chi connectivity index (χ2n) is 6.67. The van der Waals surface area contributed by atoms with Gasteiger partial charge in [0.2, 0.25) is 0 Å².